The summed E-state index contributed by atoms with van der Waals surface area (Å²) in [6.45, 7) is 4.96. The molecule has 2 aliphatic heterocycles. The summed E-state index contributed by atoms with van der Waals surface area (Å²) in [5, 5.41) is 0. The van der Waals surface area contributed by atoms with Crippen molar-refractivity contribution in [2.24, 2.45) is 5.73 Å². The van der Waals surface area contributed by atoms with Crippen molar-refractivity contribution in [3.8, 4) is 5.75 Å². The summed E-state index contributed by atoms with van der Waals surface area (Å²) in [6.07, 6.45) is -0.0630. The first-order valence-corrected chi connectivity index (χ1v) is 9.85. The molecule has 9 heteroatoms. The van der Waals surface area contributed by atoms with Gasteiger partial charge in [-0.1, -0.05) is 0 Å². The molecule has 0 unspecified atom stereocenters. The Balaban J connectivity index is 1.62. The van der Waals surface area contributed by atoms with Crippen LogP contribution in [-0.4, -0.2) is 98.2 Å². The van der Waals surface area contributed by atoms with E-state index in [-0.39, 0.29) is 31.3 Å². The van der Waals surface area contributed by atoms with E-state index in [1.807, 2.05) is 0 Å². The van der Waals surface area contributed by atoms with Crippen molar-refractivity contribution in [1.29, 1.82) is 0 Å². The SMILES string of the molecule is CN1CCN(CC(=O)N2CCO[C@](COc3ccc(F)cc3)(CC(N)=O)C2)CC1. The first kappa shape index (κ1) is 21.5. The van der Waals surface area contributed by atoms with E-state index in [4.69, 9.17) is 15.2 Å². The Labute approximate surface area is 170 Å². The molecule has 2 saturated heterocycles. The molecule has 1 aromatic rings. The zero-order chi connectivity index (χ0) is 20.9. The minimum atomic E-state index is -1.02. The van der Waals surface area contributed by atoms with Gasteiger partial charge in [0.15, 0.2) is 0 Å². The second-order valence-corrected chi connectivity index (χ2v) is 7.81. The Kier molecular flexibility index (Phi) is 7.05. The highest BCUT2D eigenvalue weighted by Gasteiger charge is 2.41. The van der Waals surface area contributed by atoms with E-state index in [1.54, 1.807) is 4.90 Å². The number of likely N-dealkylation sites (N-methyl/N-ethyl adjacent to an activating group) is 1. The smallest absolute Gasteiger partial charge is 0.236 e. The molecular formula is C20H29FN4O4. The lowest BCUT2D eigenvalue weighted by Gasteiger charge is -2.42. The summed E-state index contributed by atoms with van der Waals surface area (Å²) in [7, 11) is 2.07. The average molecular weight is 408 g/mol. The lowest BCUT2D eigenvalue weighted by Crippen LogP contribution is -2.59. The van der Waals surface area contributed by atoms with Crippen LogP contribution in [0.1, 0.15) is 6.42 Å². The van der Waals surface area contributed by atoms with Gasteiger partial charge in [-0.2, -0.15) is 0 Å². The van der Waals surface area contributed by atoms with E-state index >= 15 is 0 Å². The van der Waals surface area contributed by atoms with Gasteiger partial charge < -0.3 is 25.0 Å². The molecule has 0 radical (unpaired) electrons. The van der Waals surface area contributed by atoms with Crippen molar-refractivity contribution in [1.82, 2.24) is 14.7 Å². The van der Waals surface area contributed by atoms with Gasteiger partial charge in [0, 0.05) is 32.7 Å². The summed E-state index contributed by atoms with van der Waals surface area (Å²) in [4.78, 5) is 30.6. The number of benzene rings is 1. The predicted molar refractivity (Wildman–Crippen MR) is 105 cm³/mol. The zero-order valence-corrected chi connectivity index (χ0v) is 16.8. The molecule has 0 bridgehead atoms. The second kappa shape index (κ2) is 9.51. The molecule has 160 valence electrons. The molecule has 2 fully saturated rings. The van der Waals surface area contributed by atoms with Crippen LogP contribution in [0.3, 0.4) is 0 Å². The fourth-order valence-corrected chi connectivity index (χ4v) is 3.66. The number of carbonyl (C=O) groups excluding carboxylic acids is 2. The minimum absolute atomic E-state index is 0.00785. The van der Waals surface area contributed by atoms with Gasteiger partial charge in [0.25, 0.3) is 0 Å². The Morgan fingerprint density at radius 3 is 2.52 bits per heavy atom. The number of ether oxygens (including phenoxy) is 2. The Morgan fingerprint density at radius 2 is 1.86 bits per heavy atom. The fourth-order valence-electron chi connectivity index (χ4n) is 3.66. The Bertz CT molecular complexity index is 709. The van der Waals surface area contributed by atoms with E-state index in [9.17, 15) is 14.0 Å². The van der Waals surface area contributed by atoms with Gasteiger partial charge in [-0.3, -0.25) is 14.5 Å². The normalized spacial score (nSPS) is 23.7. The van der Waals surface area contributed by atoms with Crippen molar-refractivity contribution in [3.05, 3.63) is 30.1 Å². The van der Waals surface area contributed by atoms with Crippen molar-refractivity contribution >= 4 is 11.8 Å². The lowest BCUT2D eigenvalue weighted by molar-refractivity contribution is -0.162. The molecule has 29 heavy (non-hydrogen) atoms. The largest absolute Gasteiger partial charge is 0.490 e. The number of piperazine rings is 1. The van der Waals surface area contributed by atoms with Gasteiger partial charge in [0.05, 0.1) is 26.1 Å². The van der Waals surface area contributed by atoms with Crippen LogP contribution in [0.5, 0.6) is 5.75 Å². The highest BCUT2D eigenvalue weighted by atomic mass is 19.1. The maximum absolute atomic E-state index is 13.1. The molecule has 2 aliphatic rings. The molecule has 2 N–H and O–H groups in total. The summed E-state index contributed by atoms with van der Waals surface area (Å²) in [6, 6.07) is 5.60. The van der Waals surface area contributed by atoms with Gasteiger partial charge >= 0.3 is 0 Å². The summed E-state index contributed by atoms with van der Waals surface area (Å²) in [5.74, 6) is -0.423. The van der Waals surface area contributed by atoms with Crippen molar-refractivity contribution in [2.75, 3.05) is 66.1 Å². The van der Waals surface area contributed by atoms with Gasteiger partial charge in [0.1, 0.15) is 23.8 Å². The number of primary amides is 1. The summed E-state index contributed by atoms with van der Waals surface area (Å²) in [5.41, 5.74) is 4.42. The average Bonchev–Trinajstić information content (AvgIpc) is 2.69. The van der Waals surface area contributed by atoms with E-state index in [2.05, 4.69) is 16.8 Å². The number of hydrogen-bond acceptors (Lipinski definition) is 6. The van der Waals surface area contributed by atoms with E-state index in [0.29, 0.717) is 25.4 Å². The first-order valence-electron chi connectivity index (χ1n) is 9.85. The monoisotopic (exact) mass is 408 g/mol. The number of amides is 2. The third-order valence-electron chi connectivity index (χ3n) is 5.37. The molecule has 2 amide bonds. The molecule has 0 spiro atoms. The third kappa shape index (κ3) is 6.12. The molecule has 0 saturated carbocycles. The molecule has 3 rings (SSSR count). The van der Waals surface area contributed by atoms with Gasteiger partial charge in [-0.05, 0) is 31.3 Å². The number of hydrogen-bond donors (Lipinski definition) is 1. The predicted octanol–water partition coefficient (Wildman–Crippen LogP) is -0.0751. The third-order valence-corrected chi connectivity index (χ3v) is 5.37. The van der Waals surface area contributed by atoms with E-state index in [0.717, 1.165) is 26.2 Å². The number of nitrogens with zero attached hydrogens (tertiary/aromatic N) is 3. The number of morpholine rings is 1. The van der Waals surface area contributed by atoms with Gasteiger partial charge in [-0.25, -0.2) is 4.39 Å². The molecule has 8 nitrogen and oxygen atoms in total. The highest BCUT2D eigenvalue weighted by Crippen LogP contribution is 2.24. The van der Waals surface area contributed by atoms with Crippen LogP contribution in [0.2, 0.25) is 0 Å². The summed E-state index contributed by atoms with van der Waals surface area (Å²) >= 11 is 0. The van der Waals surface area contributed by atoms with Crippen molar-refractivity contribution in [3.63, 3.8) is 0 Å². The molecule has 0 aliphatic carbocycles. The second-order valence-electron chi connectivity index (χ2n) is 7.81. The number of rotatable bonds is 7. The van der Waals surface area contributed by atoms with Crippen LogP contribution in [-0.2, 0) is 14.3 Å². The molecule has 2 heterocycles. The van der Waals surface area contributed by atoms with E-state index in [1.165, 1.54) is 24.3 Å². The van der Waals surface area contributed by atoms with Crippen LogP contribution >= 0.6 is 0 Å². The molecular weight excluding hydrogens is 379 g/mol. The molecule has 0 aromatic heterocycles. The highest BCUT2D eigenvalue weighted by molar-refractivity contribution is 5.79. The first-order chi connectivity index (χ1) is 13.8. The molecule has 1 atom stereocenters. The van der Waals surface area contributed by atoms with Gasteiger partial charge in [-0.15, -0.1) is 0 Å². The summed E-state index contributed by atoms with van der Waals surface area (Å²) < 4.78 is 24.7. The maximum Gasteiger partial charge on any atom is 0.236 e. The number of halogens is 1. The Hall–Kier alpha value is -2.23. The van der Waals surface area contributed by atoms with Crippen LogP contribution in [0, 0.1) is 5.82 Å². The Morgan fingerprint density at radius 1 is 1.17 bits per heavy atom. The fraction of sp³-hybridized carbons (Fsp3) is 0.600. The number of nitrogens with two attached hydrogens (primary N) is 1. The molecule has 1 aromatic carbocycles. The van der Waals surface area contributed by atoms with Gasteiger partial charge in [0.2, 0.25) is 11.8 Å². The van der Waals surface area contributed by atoms with Crippen LogP contribution in [0.25, 0.3) is 0 Å². The maximum atomic E-state index is 13.1. The number of carbonyl (C=O) groups is 2. The quantitative estimate of drug-likeness (QED) is 0.679. The minimum Gasteiger partial charge on any atom is -0.490 e. The van der Waals surface area contributed by atoms with Crippen molar-refractivity contribution < 1.29 is 23.5 Å². The van der Waals surface area contributed by atoms with Crippen LogP contribution < -0.4 is 10.5 Å². The topological polar surface area (TPSA) is 88.3 Å². The van der Waals surface area contributed by atoms with Crippen LogP contribution in [0.4, 0.5) is 4.39 Å². The lowest BCUT2D eigenvalue weighted by atomic mass is 9.97. The van der Waals surface area contributed by atoms with Crippen molar-refractivity contribution in [2.45, 2.75) is 12.0 Å². The zero-order valence-electron chi connectivity index (χ0n) is 16.8. The standard InChI is InChI=1S/C20H29FN4O4/c1-23-6-8-24(9-7-23)13-19(27)25-10-11-29-20(14-25,12-18(22)26)15-28-17-4-2-16(21)3-5-17/h2-5H,6-15H2,1H3,(H2,22,26)/t20-/m1/s1. The van der Waals surface area contributed by atoms with Crippen LogP contribution in [0.15, 0.2) is 24.3 Å². The van der Waals surface area contributed by atoms with E-state index < -0.39 is 11.5 Å².